The van der Waals surface area contributed by atoms with Crippen LogP contribution in [0.15, 0.2) is 121 Å². The Labute approximate surface area is 256 Å². The van der Waals surface area contributed by atoms with E-state index < -0.39 is 34.4 Å². The third kappa shape index (κ3) is 8.45. The number of anilines is 1. The van der Waals surface area contributed by atoms with Crippen molar-refractivity contribution in [3.63, 3.8) is 0 Å². The Kier molecular flexibility index (Phi) is 10.7. The number of carbonyl (C=O) groups excluding carboxylic acids is 2. The van der Waals surface area contributed by atoms with E-state index in [1.165, 1.54) is 41.3 Å². The minimum atomic E-state index is -3.95. The summed E-state index contributed by atoms with van der Waals surface area (Å²) in [5.74, 6) is -0.453. The molecule has 0 heterocycles. The largest absolute Gasteiger partial charge is 0.497 e. The third-order valence-electron chi connectivity index (χ3n) is 6.52. The molecule has 2 N–H and O–H groups in total. The summed E-state index contributed by atoms with van der Waals surface area (Å²) in [4.78, 5) is 28.5. The van der Waals surface area contributed by atoms with Crippen molar-refractivity contribution < 1.29 is 31.9 Å². The van der Waals surface area contributed by atoms with Gasteiger partial charge >= 0.3 is 0 Å². The van der Waals surface area contributed by atoms with Crippen molar-refractivity contribution in [1.82, 2.24) is 10.2 Å². The molecule has 44 heavy (non-hydrogen) atoms. The Bertz CT molecular complexity index is 1660. The van der Waals surface area contributed by atoms with Crippen LogP contribution < -0.4 is 19.5 Å². The molecule has 0 aliphatic carbocycles. The first kappa shape index (κ1) is 31.8. The summed E-state index contributed by atoms with van der Waals surface area (Å²) in [6, 6.07) is 25.5. The molecule has 0 fully saturated rings. The molecule has 0 aliphatic heterocycles. The van der Waals surface area contributed by atoms with E-state index in [1.807, 2.05) is 18.2 Å². The normalized spacial score (nSPS) is 11.6. The highest BCUT2D eigenvalue weighted by Crippen LogP contribution is 2.26. The maximum absolute atomic E-state index is 13.7. The Morgan fingerprint density at radius 2 is 1.55 bits per heavy atom. The summed E-state index contributed by atoms with van der Waals surface area (Å²) < 4.78 is 52.1. The van der Waals surface area contributed by atoms with Crippen molar-refractivity contribution >= 4 is 27.5 Å². The molecule has 228 valence electrons. The number of hydrogen-bond donors (Lipinski definition) is 2. The summed E-state index contributed by atoms with van der Waals surface area (Å²) >= 11 is 0. The van der Waals surface area contributed by atoms with E-state index >= 15 is 0 Å². The molecule has 4 aromatic carbocycles. The van der Waals surface area contributed by atoms with Crippen molar-refractivity contribution in [3.8, 4) is 11.5 Å². The van der Waals surface area contributed by atoms with Gasteiger partial charge in [-0.2, -0.15) is 0 Å². The zero-order chi connectivity index (χ0) is 31.5. The van der Waals surface area contributed by atoms with Gasteiger partial charge in [-0.25, -0.2) is 12.8 Å². The van der Waals surface area contributed by atoms with Gasteiger partial charge in [0, 0.05) is 18.8 Å². The Hall–Kier alpha value is -5.16. The minimum absolute atomic E-state index is 0.0512. The van der Waals surface area contributed by atoms with Crippen molar-refractivity contribution in [2.75, 3.05) is 25.0 Å². The molecule has 9 nitrogen and oxygen atoms in total. The van der Waals surface area contributed by atoms with Gasteiger partial charge in [-0.3, -0.25) is 14.3 Å². The molecule has 0 bridgehead atoms. The van der Waals surface area contributed by atoms with Crippen LogP contribution in [0.3, 0.4) is 0 Å². The number of amides is 2. The lowest BCUT2D eigenvalue weighted by Crippen LogP contribution is -2.45. The minimum Gasteiger partial charge on any atom is -0.497 e. The predicted molar refractivity (Wildman–Crippen MR) is 165 cm³/mol. The number of carbonyl (C=O) groups is 2. The average molecular weight is 618 g/mol. The van der Waals surface area contributed by atoms with Crippen LogP contribution in [0.25, 0.3) is 0 Å². The molecule has 0 saturated heterocycles. The SMILES string of the molecule is C=CCNC(=O)[C@@H](c1ccccc1)N(Cc1ccc(OC)cc1)C(=O)COc1ccc(S(=O)(=O)Nc2ccc(F)cc2)cc1. The second kappa shape index (κ2) is 14.8. The highest BCUT2D eigenvalue weighted by atomic mass is 32.2. The third-order valence-corrected chi connectivity index (χ3v) is 7.92. The van der Waals surface area contributed by atoms with Gasteiger partial charge in [0.15, 0.2) is 6.61 Å². The van der Waals surface area contributed by atoms with E-state index in [-0.39, 0.29) is 35.3 Å². The van der Waals surface area contributed by atoms with E-state index in [9.17, 15) is 22.4 Å². The fourth-order valence-corrected chi connectivity index (χ4v) is 5.36. The molecular formula is C33H32FN3O6S. The fourth-order valence-electron chi connectivity index (χ4n) is 4.30. The Morgan fingerprint density at radius 3 is 2.16 bits per heavy atom. The van der Waals surface area contributed by atoms with Crippen molar-refractivity contribution in [2.45, 2.75) is 17.5 Å². The van der Waals surface area contributed by atoms with Crippen LogP contribution in [0.5, 0.6) is 11.5 Å². The van der Waals surface area contributed by atoms with Crippen LogP contribution in [-0.4, -0.2) is 45.4 Å². The monoisotopic (exact) mass is 617 g/mol. The highest BCUT2D eigenvalue weighted by Gasteiger charge is 2.31. The van der Waals surface area contributed by atoms with Crippen molar-refractivity contribution in [3.05, 3.63) is 133 Å². The van der Waals surface area contributed by atoms with E-state index in [4.69, 9.17) is 9.47 Å². The number of hydrogen-bond acceptors (Lipinski definition) is 6. The van der Waals surface area contributed by atoms with E-state index in [0.717, 1.165) is 17.7 Å². The average Bonchev–Trinajstić information content (AvgIpc) is 3.04. The maximum Gasteiger partial charge on any atom is 0.261 e. The number of ether oxygens (including phenoxy) is 2. The first-order valence-corrected chi connectivity index (χ1v) is 15.1. The molecule has 0 unspecified atom stereocenters. The smallest absolute Gasteiger partial charge is 0.261 e. The molecule has 0 aliphatic rings. The molecule has 0 saturated carbocycles. The molecule has 0 radical (unpaired) electrons. The summed E-state index contributed by atoms with van der Waals surface area (Å²) in [6.07, 6.45) is 1.55. The van der Waals surface area contributed by atoms with E-state index in [0.29, 0.717) is 11.3 Å². The van der Waals surface area contributed by atoms with Crippen LogP contribution in [0.2, 0.25) is 0 Å². The molecule has 2 amide bonds. The van der Waals surface area contributed by atoms with Gasteiger partial charge in [0.1, 0.15) is 23.4 Å². The van der Waals surface area contributed by atoms with Crippen LogP contribution in [0, 0.1) is 5.82 Å². The second-order valence-corrected chi connectivity index (χ2v) is 11.3. The van der Waals surface area contributed by atoms with Crippen molar-refractivity contribution in [1.29, 1.82) is 0 Å². The molecule has 11 heteroatoms. The van der Waals surface area contributed by atoms with Gasteiger partial charge in [0.25, 0.3) is 15.9 Å². The Balaban J connectivity index is 1.54. The van der Waals surface area contributed by atoms with E-state index in [1.54, 1.807) is 49.6 Å². The first-order valence-electron chi connectivity index (χ1n) is 13.6. The summed E-state index contributed by atoms with van der Waals surface area (Å²) in [7, 11) is -2.39. The fraction of sp³-hybridized carbons (Fsp3) is 0.152. The number of nitrogens with zero attached hydrogens (tertiary/aromatic N) is 1. The first-order chi connectivity index (χ1) is 21.2. The standard InChI is InChI=1S/C33H32FN3O6S/c1-3-21-35-33(39)32(25-7-5-4-6-8-25)37(22-24-9-15-28(42-2)16-10-24)31(38)23-43-29-17-19-30(20-18-29)44(40,41)36-27-13-11-26(34)12-14-27/h3-20,32,36H,1,21-23H2,2H3,(H,35,39)/t32-/m1/s1. The highest BCUT2D eigenvalue weighted by molar-refractivity contribution is 7.92. The number of rotatable bonds is 14. The van der Waals surface area contributed by atoms with Crippen LogP contribution in [0.4, 0.5) is 10.1 Å². The van der Waals surface area contributed by atoms with Gasteiger partial charge in [-0.1, -0.05) is 48.5 Å². The molecule has 0 spiro atoms. The molecule has 4 aromatic rings. The lowest BCUT2D eigenvalue weighted by Gasteiger charge is -2.31. The van der Waals surface area contributed by atoms with Gasteiger partial charge in [-0.05, 0) is 71.8 Å². The topological polar surface area (TPSA) is 114 Å². The van der Waals surface area contributed by atoms with Crippen LogP contribution >= 0.6 is 0 Å². The predicted octanol–water partition coefficient (Wildman–Crippen LogP) is 5.09. The molecular weight excluding hydrogens is 585 g/mol. The summed E-state index contributed by atoms with van der Waals surface area (Å²) in [5, 5.41) is 2.79. The van der Waals surface area contributed by atoms with Crippen LogP contribution in [0.1, 0.15) is 17.2 Å². The lowest BCUT2D eigenvalue weighted by atomic mass is 10.0. The quantitative estimate of drug-likeness (QED) is 0.191. The summed E-state index contributed by atoms with van der Waals surface area (Å²) in [5.41, 5.74) is 1.58. The second-order valence-electron chi connectivity index (χ2n) is 9.59. The number of benzene rings is 4. The zero-order valence-corrected chi connectivity index (χ0v) is 24.8. The van der Waals surface area contributed by atoms with Gasteiger partial charge in [0.05, 0.1) is 12.0 Å². The molecule has 4 rings (SSSR count). The number of halogens is 1. The van der Waals surface area contributed by atoms with Gasteiger partial charge < -0.3 is 19.7 Å². The van der Waals surface area contributed by atoms with Crippen molar-refractivity contribution in [2.24, 2.45) is 0 Å². The van der Waals surface area contributed by atoms with Crippen LogP contribution in [-0.2, 0) is 26.2 Å². The number of methoxy groups -OCH3 is 1. The molecule has 0 aromatic heterocycles. The molecule has 1 atom stereocenters. The number of sulfonamides is 1. The zero-order valence-electron chi connectivity index (χ0n) is 24.0. The van der Waals surface area contributed by atoms with Gasteiger partial charge in [-0.15, -0.1) is 6.58 Å². The van der Waals surface area contributed by atoms with Gasteiger partial charge in [0.2, 0.25) is 5.91 Å². The number of nitrogens with one attached hydrogen (secondary N) is 2. The Morgan fingerprint density at radius 1 is 0.909 bits per heavy atom. The lowest BCUT2D eigenvalue weighted by molar-refractivity contribution is -0.143. The van der Waals surface area contributed by atoms with E-state index in [2.05, 4.69) is 16.6 Å². The summed E-state index contributed by atoms with van der Waals surface area (Å²) in [6.45, 7) is 3.55. The maximum atomic E-state index is 13.7.